The molecule has 1 heterocycles. The Morgan fingerprint density at radius 3 is 2.83 bits per heavy atom. The van der Waals surface area contributed by atoms with Crippen molar-refractivity contribution >= 4 is 22.9 Å². The highest BCUT2D eigenvalue weighted by Gasteiger charge is 2.19. The number of rotatable bonds is 4. The van der Waals surface area contributed by atoms with Crippen LogP contribution in [0.3, 0.4) is 0 Å². The quantitative estimate of drug-likeness (QED) is 0.920. The molecule has 0 spiro atoms. The summed E-state index contributed by atoms with van der Waals surface area (Å²) >= 11 is 7.69. The van der Waals surface area contributed by atoms with Crippen molar-refractivity contribution < 1.29 is 4.39 Å². The number of aromatic nitrogens is 1. The van der Waals surface area contributed by atoms with E-state index in [4.69, 9.17) is 11.6 Å². The van der Waals surface area contributed by atoms with Crippen LogP contribution in [0.25, 0.3) is 0 Å². The highest BCUT2D eigenvalue weighted by atomic mass is 35.5. The summed E-state index contributed by atoms with van der Waals surface area (Å²) in [6.07, 6.45) is 0. The highest BCUT2D eigenvalue weighted by molar-refractivity contribution is 7.09. The highest BCUT2D eigenvalue weighted by Crippen LogP contribution is 2.30. The largest absolute Gasteiger partial charge is 0.304 e. The maximum Gasteiger partial charge on any atom is 0.124 e. The average molecular weight is 285 g/mol. The van der Waals surface area contributed by atoms with Crippen molar-refractivity contribution in [2.45, 2.75) is 19.9 Å². The summed E-state index contributed by atoms with van der Waals surface area (Å²) in [4.78, 5) is 4.47. The van der Waals surface area contributed by atoms with Gasteiger partial charge in [-0.05, 0) is 31.2 Å². The molecular weight excluding hydrogens is 271 g/mol. The van der Waals surface area contributed by atoms with Gasteiger partial charge in [0.25, 0.3) is 0 Å². The Morgan fingerprint density at radius 1 is 1.50 bits per heavy atom. The first-order valence-corrected chi connectivity index (χ1v) is 6.98. The van der Waals surface area contributed by atoms with Gasteiger partial charge in [0.2, 0.25) is 0 Å². The Hall–Kier alpha value is -0.970. The molecule has 0 fully saturated rings. The summed E-state index contributed by atoms with van der Waals surface area (Å²) in [5.74, 6) is -0.325. The van der Waals surface area contributed by atoms with Crippen LogP contribution in [-0.4, -0.2) is 11.5 Å². The Balaban J connectivity index is 2.41. The molecule has 5 heteroatoms. The first-order chi connectivity index (χ1) is 8.61. The number of nitrogens with zero attached hydrogens (tertiary/aromatic N) is 1. The van der Waals surface area contributed by atoms with Crippen molar-refractivity contribution in [3.63, 3.8) is 0 Å². The second-order valence-corrected chi connectivity index (χ2v) is 5.28. The zero-order valence-electron chi connectivity index (χ0n) is 10.2. The van der Waals surface area contributed by atoms with Gasteiger partial charge >= 0.3 is 0 Å². The minimum Gasteiger partial charge on any atom is -0.304 e. The Labute approximate surface area is 115 Å². The lowest BCUT2D eigenvalue weighted by Crippen LogP contribution is -2.22. The molecule has 0 saturated heterocycles. The van der Waals surface area contributed by atoms with E-state index in [9.17, 15) is 4.39 Å². The van der Waals surface area contributed by atoms with Crippen molar-refractivity contribution in [2.24, 2.45) is 0 Å². The zero-order chi connectivity index (χ0) is 13.1. The van der Waals surface area contributed by atoms with E-state index in [0.29, 0.717) is 5.02 Å². The van der Waals surface area contributed by atoms with Crippen molar-refractivity contribution in [3.05, 3.63) is 50.7 Å². The first-order valence-electron chi connectivity index (χ1n) is 5.72. The predicted molar refractivity (Wildman–Crippen MR) is 73.8 cm³/mol. The van der Waals surface area contributed by atoms with Crippen LogP contribution in [-0.2, 0) is 0 Å². The summed E-state index contributed by atoms with van der Waals surface area (Å²) < 4.78 is 13.1. The van der Waals surface area contributed by atoms with E-state index in [2.05, 4.69) is 10.3 Å². The average Bonchev–Trinajstić information content (AvgIpc) is 2.73. The number of nitrogens with one attached hydrogen (secondary N) is 1. The molecule has 2 rings (SSSR count). The van der Waals surface area contributed by atoms with Crippen LogP contribution < -0.4 is 5.32 Å². The molecule has 1 aromatic heterocycles. The number of hydrogen-bond donors (Lipinski definition) is 1. The van der Waals surface area contributed by atoms with E-state index in [0.717, 1.165) is 22.8 Å². The van der Waals surface area contributed by atoms with Crippen molar-refractivity contribution in [1.29, 1.82) is 0 Å². The third-order valence-corrected chi connectivity index (χ3v) is 3.92. The minimum atomic E-state index is -0.325. The normalized spacial score (nSPS) is 12.7. The van der Waals surface area contributed by atoms with Crippen molar-refractivity contribution in [1.82, 2.24) is 10.3 Å². The fraction of sp³-hybridized carbons (Fsp3) is 0.308. The SMILES string of the molecule is CCNC(c1nc(C)cs1)c1ccc(F)cc1Cl. The first kappa shape index (κ1) is 13.5. The lowest BCUT2D eigenvalue weighted by molar-refractivity contribution is 0.611. The molecule has 2 aromatic rings. The molecule has 1 unspecified atom stereocenters. The van der Waals surface area contributed by atoms with E-state index < -0.39 is 0 Å². The molecule has 0 aliphatic heterocycles. The summed E-state index contributed by atoms with van der Waals surface area (Å²) in [7, 11) is 0. The van der Waals surface area contributed by atoms with Gasteiger partial charge < -0.3 is 5.32 Å². The molecule has 18 heavy (non-hydrogen) atoms. The molecule has 1 N–H and O–H groups in total. The second kappa shape index (κ2) is 5.78. The van der Waals surface area contributed by atoms with Gasteiger partial charge in [0.05, 0.1) is 6.04 Å². The molecule has 0 radical (unpaired) electrons. The zero-order valence-corrected chi connectivity index (χ0v) is 11.8. The van der Waals surface area contributed by atoms with Crippen LogP contribution in [0.2, 0.25) is 5.02 Å². The van der Waals surface area contributed by atoms with Crippen LogP contribution in [0.15, 0.2) is 23.6 Å². The van der Waals surface area contributed by atoms with Gasteiger partial charge in [-0.25, -0.2) is 9.37 Å². The van der Waals surface area contributed by atoms with Gasteiger partial charge in [0, 0.05) is 16.1 Å². The van der Waals surface area contributed by atoms with E-state index >= 15 is 0 Å². The topological polar surface area (TPSA) is 24.9 Å². The van der Waals surface area contributed by atoms with Gasteiger partial charge in [-0.3, -0.25) is 0 Å². The molecule has 2 nitrogen and oxygen atoms in total. The van der Waals surface area contributed by atoms with Crippen molar-refractivity contribution in [2.75, 3.05) is 6.54 Å². The maximum atomic E-state index is 13.1. The Kier molecular flexibility index (Phi) is 4.32. The van der Waals surface area contributed by atoms with Crippen molar-refractivity contribution in [3.8, 4) is 0 Å². The van der Waals surface area contributed by atoms with E-state index in [1.165, 1.54) is 12.1 Å². The molecule has 96 valence electrons. The Bertz CT molecular complexity index is 542. The maximum absolute atomic E-state index is 13.1. The summed E-state index contributed by atoms with van der Waals surface area (Å²) in [6.45, 7) is 4.76. The molecule has 0 saturated carbocycles. The van der Waals surface area contributed by atoms with Crippen LogP contribution >= 0.6 is 22.9 Å². The third kappa shape index (κ3) is 2.88. The van der Waals surface area contributed by atoms with Crippen LogP contribution in [0, 0.1) is 12.7 Å². The molecule has 1 aromatic carbocycles. The molecule has 1 atom stereocenters. The number of thiazole rings is 1. The molecule has 0 aliphatic rings. The molecule has 0 bridgehead atoms. The summed E-state index contributed by atoms with van der Waals surface area (Å²) in [5, 5.41) is 6.70. The molecule has 0 aliphatic carbocycles. The smallest absolute Gasteiger partial charge is 0.124 e. The van der Waals surface area contributed by atoms with Crippen LogP contribution in [0.5, 0.6) is 0 Å². The monoisotopic (exact) mass is 284 g/mol. The fourth-order valence-electron chi connectivity index (χ4n) is 1.77. The molecule has 0 amide bonds. The minimum absolute atomic E-state index is 0.0817. The van der Waals surface area contributed by atoms with Gasteiger partial charge in [-0.2, -0.15) is 0 Å². The number of hydrogen-bond acceptors (Lipinski definition) is 3. The number of benzene rings is 1. The van der Waals surface area contributed by atoms with E-state index in [-0.39, 0.29) is 11.9 Å². The lowest BCUT2D eigenvalue weighted by atomic mass is 10.1. The number of aryl methyl sites for hydroxylation is 1. The number of halogens is 2. The van der Waals surface area contributed by atoms with Gasteiger partial charge in [-0.15, -0.1) is 11.3 Å². The van der Waals surface area contributed by atoms with Gasteiger partial charge in [0.15, 0.2) is 0 Å². The third-order valence-electron chi connectivity index (χ3n) is 2.57. The predicted octanol–water partition coefficient (Wildman–Crippen LogP) is 3.94. The van der Waals surface area contributed by atoms with Gasteiger partial charge in [0.1, 0.15) is 10.8 Å². The van der Waals surface area contributed by atoms with Crippen LogP contribution in [0.1, 0.15) is 29.2 Å². The summed E-state index contributed by atoms with van der Waals surface area (Å²) in [5.41, 5.74) is 1.84. The van der Waals surface area contributed by atoms with E-state index in [1.54, 1.807) is 17.4 Å². The lowest BCUT2D eigenvalue weighted by Gasteiger charge is -2.17. The van der Waals surface area contributed by atoms with E-state index in [1.807, 2.05) is 19.2 Å². The molecular formula is C13H14ClFN2S. The van der Waals surface area contributed by atoms with Gasteiger partial charge in [-0.1, -0.05) is 24.6 Å². The summed E-state index contributed by atoms with van der Waals surface area (Å²) in [6, 6.07) is 4.39. The second-order valence-electron chi connectivity index (χ2n) is 3.98. The van der Waals surface area contributed by atoms with Crippen LogP contribution in [0.4, 0.5) is 4.39 Å². The standard InChI is InChI=1S/C13H14ClFN2S/c1-3-16-12(13-17-8(2)7-18-13)10-5-4-9(15)6-11(10)14/h4-7,12,16H,3H2,1-2H3. The fourth-order valence-corrected chi connectivity index (χ4v) is 2.94. The Morgan fingerprint density at radius 2 is 2.28 bits per heavy atom.